The van der Waals surface area contributed by atoms with Crippen molar-refractivity contribution in [2.75, 3.05) is 25.6 Å². The number of nitrogens with one attached hydrogen (secondary N) is 1. The molecule has 0 fully saturated rings. The predicted molar refractivity (Wildman–Crippen MR) is 65.4 cm³/mol. The summed E-state index contributed by atoms with van der Waals surface area (Å²) in [6.45, 7) is 1.55. The van der Waals surface area contributed by atoms with Gasteiger partial charge in [-0.05, 0) is 30.2 Å². The summed E-state index contributed by atoms with van der Waals surface area (Å²) in [6.07, 6.45) is 2.21. The molecule has 4 heteroatoms. The highest BCUT2D eigenvalue weighted by molar-refractivity contribution is 5.69. The lowest BCUT2D eigenvalue weighted by atomic mass is 10.1. The van der Waals surface area contributed by atoms with Crippen LogP contribution in [-0.2, 0) is 16.0 Å². The summed E-state index contributed by atoms with van der Waals surface area (Å²) < 4.78 is 10.0. The number of rotatable bonds is 5. The molecule has 0 amide bonds. The number of carbonyl (C=O) groups is 1. The summed E-state index contributed by atoms with van der Waals surface area (Å²) in [4.78, 5) is 10.9. The quantitative estimate of drug-likeness (QED) is 0.626. The lowest BCUT2D eigenvalue weighted by Crippen LogP contribution is -2.06. The van der Waals surface area contributed by atoms with Gasteiger partial charge in [-0.1, -0.05) is 0 Å². The van der Waals surface area contributed by atoms with Crippen molar-refractivity contribution in [3.8, 4) is 5.75 Å². The minimum Gasteiger partial charge on any atom is -0.493 e. The fourth-order valence-electron chi connectivity index (χ4n) is 1.86. The second kappa shape index (κ2) is 5.57. The summed E-state index contributed by atoms with van der Waals surface area (Å²) in [5.41, 5.74) is 2.34. The molecule has 4 nitrogen and oxygen atoms in total. The van der Waals surface area contributed by atoms with E-state index in [1.807, 2.05) is 12.1 Å². The first-order valence-electron chi connectivity index (χ1n) is 5.86. The van der Waals surface area contributed by atoms with Crippen molar-refractivity contribution < 1.29 is 14.3 Å². The normalized spacial score (nSPS) is 12.8. The van der Waals surface area contributed by atoms with Gasteiger partial charge >= 0.3 is 5.97 Å². The summed E-state index contributed by atoms with van der Waals surface area (Å²) in [5, 5.41) is 3.29. The van der Waals surface area contributed by atoms with Crippen molar-refractivity contribution in [3.63, 3.8) is 0 Å². The Balaban J connectivity index is 1.78. The van der Waals surface area contributed by atoms with Gasteiger partial charge in [0.1, 0.15) is 5.75 Å². The highest BCUT2D eigenvalue weighted by Gasteiger charge is 2.11. The van der Waals surface area contributed by atoms with Crippen LogP contribution in [0.1, 0.15) is 18.4 Å². The molecular weight excluding hydrogens is 218 g/mol. The smallest absolute Gasteiger partial charge is 0.305 e. The van der Waals surface area contributed by atoms with E-state index in [2.05, 4.69) is 16.1 Å². The molecule has 0 aromatic heterocycles. The van der Waals surface area contributed by atoms with E-state index in [9.17, 15) is 4.79 Å². The van der Waals surface area contributed by atoms with Crippen molar-refractivity contribution in [1.82, 2.24) is 0 Å². The first kappa shape index (κ1) is 11.8. The van der Waals surface area contributed by atoms with Gasteiger partial charge in [0.05, 0.1) is 13.7 Å². The largest absolute Gasteiger partial charge is 0.493 e. The zero-order valence-corrected chi connectivity index (χ0v) is 9.99. The number of hydrogen-bond acceptors (Lipinski definition) is 4. The number of benzene rings is 1. The molecule has 0 aliphatic carbocycles. The van der Waals surface area contributed by atoms with Gasteiger partial charge in [-0.25, -0.2) is 0 Å². The Bertz CT molecular complexity index is 404. The minimum absolute atomic E-state index is 0.158. The average Bonchev–Trinajstić information content (AvgIpc) is 2.81. The number of carbonyl (C=O) groups excluding carboxylic acids is 1. The zero-order valence-electron chi connectivity index (χ0n) is 9.99. The Morgan fingerprint density at radius 3 is 3.24 bits per heavy atom. The average molecular weight is 235 g/mol. The van der Waals surface area contributed by atoms with Crippen LogP contribution in [0.3, 0.4) is 0 Å². The molecule has 1 N–H and O–H groups in total. The van der Waals surface area contributed by atoms with Gasteiger partial charge in [0.2, 0.25) is 0 Å². The van der Waals surface area contributed by atoms with E-state index in [-0.39, 0.29) is 5.97 Å². The van der Waals surface area contributed by atoms with Gasteiger partial charge in [0.25, 0.3) is 0 Å². The summed E-state index contributed by atoms with van der Waals surface area (Å²) in [7, 11) is 1.41. The molecule has 0 unspecified atom stereocenters. The van der Waals surface area contributed by atoms with Gasteiger partial charge in [0, 0.05) is 25.1 Å². The Kier molecular flexibility index (Phi) is 3.85. The summed E-state index contributed by atoms with van der Waals surface area (Å²) in [6, 6.07) is 6.10. The minimum atomic E-state index is -0.158. The first-order valence-corrected chi connectivity index (χ1v) is 5.86. The molecule has 0 spiro atoms. The van der Waals surface area contributed by atoms with Crippen LogP contribution in [0.4, 0.5) is 5.69 Å². The molecule has 1 aromatic carbocycles. The fourth-order valence-corrected chi connectivity index (χ4v) is 1.86. The maximum atomic E-state index is 10.9. The number of fused-ring (bicyclic) bond motifs is 1. The Labute approximate surface area is 101 Å². The third-order valence-corrected chi connectivity index (χ3v) is 2.80. The molecular formula is C13H17NO3. The van der Waals surface area contributed by atoms with Crippen LogP contribution in [0.25, 0.3) is 0 Å². The van der Waals surface area contributed by atoms with Crippen LogP contribution < -0.4 is 10.1 Å². The fraction of sp³-hybridized carbons (Fsp3) is 0.462. The molecule has 0 bridgehead atoms. The molecule has 0 saturated heterocycles. The van der Waals surface area contributed by atoms with Crippen LogP contribution in [0.15, 0.2) is 18.2 Å². The number of hydrogen-bond donors (Lipinski definition) is 1. The standard InChI is InChI=1S/C13H17NO3/c1-16-13(15)3-2-7-14-11-4-5-12-10(9-11)6-8-17-12/h4-5,9,14H,2-3,6-8H2,1H3. The lowest BCUT2D eigenvalue weighted by Gasteiger charge is -2.07. The highest BCUT2D eigenvalue weighted by atomic mass is 16.5. The zero-order chi connectivity index (χ0) is 12.1. The summed E-state index contributed by atoms with van der Waals surface area (Å²) >= 11 is 0. The molecule has 1 heterocycles. The topological polar surface area (TPSA) is 47.6 Å². The molecule has 0 atom stereocenters. The van der Waals surface area contributed by atoms with Crippen molar-refractivity contribution in [2.24, 2.45) is 0 Å². The van der Waals surface area contributed by atoms with Gasteiger partial charge in [-0.15, -0.1) is 0 Å². The van der Waals surface area contributed by atoms with Crippen molar-refractivity contribution in [3.05, 3.63) is 23.8 Å². The molecule has 92 valence electrons. The van der Waals surface area contributed by atoms with Crippen molar-refractivity contribution in [2.45, 2.75) is 19.3 Å². The van der Waals surface area contributed by atoms with Crippen molar-refractivity contribution in [1.29, 1.82) is 0 Å². The SMILES string of the molecule is COC(=O)CCCNc1ccc2c(c1)CCO2. The maximum Gasteiger partial charge on any atom is 0.305 e. The van der Waals surface area contributed by atoms with Crippen LogP contribution in [0.5, 0.6) is 5.75 Å². The van der Waals surface area contributed by atoms with E-state index in [0.717, 1.165) is 37.4 Å². The molecule has 17 heavy (non-hydrogen) atoms. The van der Waals surface area contributed by atoms with E-state index in [1.165, 1.54) is 12.7 Å². The van der Waals surface area contributed by atoms with E-state index < -0.39 is 0 Å². The maximum absolute atomic E-state index is 10.9. The third-order valence-electron chi connectivity index (χ3n) is 2.80. The van der Waals surface area contributed by atoms with E-state index in [1.54, 1.807) is 0 Å². The van der Waals surface area contributed by atoms with Crippen LogP contribution in [-0.4, -0.2) is 26.2 Å². The lowest BCUT2D eigenvalue weighted by molar-refractivity contribution is -0.140. The highest BCUT2D eigenvalue weighted by Crippen LogP contribution is 2.27. The third kappa shape index (κ3) is 3.12. The molecule has 1 aliphatic rings. The van der Waals surface area contributed by atoms with Gasteiger partial charge in [0.15, 0.2) is 0 Å². The second-order valence-corrected chi connectivity index (χ2v) is 4.03. The van der Waals surface area contributed by atoms with Gasteiger partial charge in [-0.2, -0.15) is 0 Å². The van der Waals surface area contributed by atoms with Crippen LogP contribution >= 0.6 is 0 Å². The van der Waals surface area contributed by atoms with E-state index in [4.69, 9.17) is 4.74 Å². The van der Waals surface area contributed by atoms with Crippen LogP contribution in [0, 0.1) is 0 Å². The number of anilines is 1. The second-order valence-electron chi connectivity index (χ2n) is 4.03. The molecule has 0 radical (unpaired) electrons. The first-order chi connectivity index (χ1) is 8.29. The molecule has 1 aliphatic heterocycles. The molecule has 1 aromatic rings. The Hall–Kier alpha value is -1.71. The summed E-state index contributed by atoms with van der Waals surface area (Å²) in [5.74, 6) is 0.833. The Morgan fingerprint density at radius 2 is 2.41 bits per heavy atom. The number of ether oxygens (including phenoxy) is 2. The van der Waals surface area contributed by atoms with Gasteiger partial charge < -0.3 is 14.8 Å². The Morgan fingerprint density at radius 1 is 1.53 bits per heavy atom. The van der Waals surface area contributed by atoms with Gasteiger partial charge in [-0.3, -0.25) is 4.79 Å². The predicted octanol–water partition coefficient (Wildman–Crippen LogP) is 1.99. The van der Waals surface area contributed by atoms with E-state index in [0.29, 0.717) is 6.42 Å². The molecule has 0 saturated carbocycles. The number of methoxy groups -OCH3 is 1. The van der Waals surface area contributed by atoms with Crippen molar-refractivity contribution >= 4 is 11.7 Å². The molecule has 2 rings (SSSR count). The van der Waals surface area contributed by atoms with Crippen LogP contribution in [0.2, 0.25) is 0 Å². The van der Waals surface area contributed by atoms with E-state index >= 15 is 0 Å². The monoisotopic (exact) mass is 235 g/mol. The number of esters is 1.